The van der Waals surface area contributed by atoms with Gasteiger partial charge in [0.2, 0.25) is 0 Å². The number of benzene rings is 1. The first-order valence-corrected chi connectivity index (χ1v) is 6.37. The number of para-hydroxylation sites is 2. The van der Waals surface area contributed by atoms with Crippen molar-refractivity contribution in [1.29, 1.82) is 0 Å². The average Bonchev–Trinajstić information content (AvgIpc) is 2.29. The first kappa shape index (κ1) is 12.7. The summed E-state index contributed by atoms with van der Waals surface area (Å²) in [5, 5.41) is 12.5. The van der Waals surface area contributed by atoms with Crippen molar-refractivity contribution in [3.8, 4) is 5.75 Å². The molecule has 1 fully saturated rings. The summed E-state index contributed by atoms with van der Waals surface area (Å²) in [4.78, 5) is 11.3. The molecule has 1 aliphatic carbocycles. The third kappa shape index (κ3) is 2.42. The highest BCUT2D eigenvalue weighted by atomic mass is 16.5. The number of hydrogen-bond acceptors (Lipinski definition) is 3. The Labute approximate surface area is 107 Å². The number of anilines is 1. The maximum atomic E-state index is 11.3. The van der Waals surface area contributed by atoms with Crippen molar-refractivity contribution >= 4 is 11.7 Å². The molecule has 98 valence electrons. The highest BCUT2D eigenvalue weighted by molar-refractivity contribution is 5.76. The van der Waals surface area contributed by atoms with Crippen LogP contribution in [0.5, 0.6) is 5.75 Å². The predicted molar refractivity (Wildman–Crippen MR) is 70.0 cm³/mol. The Balaban J connectivity index is 2.03. The molecule has 0 radical (unpaired) electrons. The minimum absolute atomic E-state index is 0.465. The molecule has 18 heavy (non-hydrogen) atoms. The van der Waals surface area contributed by atoms with Gasteiger partial charge in [-0.1, -0.05) is 18.6 Å². The molecule has 4 nitrogen and oxygen atoms in total. The van der Waals surface area contributed by atoms with Crippen LogP contribution in [0.3, 0.4) is 0 Å². The lowest BCUT2D eigenvalue weighted by atomic mass is 9.69. The number of ether oxygens (including phenoxy) is 1. The van der Waals surface area contributed by atoms with Gasteiger partial charge in [-0.2, -0.15) is 0 Å². The van der Waals surface area contributed by atoms with E-state index in [9.17, 15) is 9.90 Å². The molecule has 0 spiro atoms. The zero-order chi connectivity index (χ0) is 13.0. The normalized spacial score (nSPS) is 16.7. The Bertz CT molecular complexity index is 427. The number of hydrogen-bond donors (Lipinski definition) is 2. The van der Waals surface area contributed by atoms with Gasteiger partial charge in [0.1, 0.15) is 5.75 Å². The van der Waals surface area contributed by atoms with Crippen molar-refractivity contribution in [3.05, 3.63) is 24.3 Å². The second kappa shape index (κ2) is 5.29. The molecule has 0 aliphatic heterocycles. The van der Waals surface area contributed by atoms with Crippen molar-refractivity contribution in [2.24, 2.45) is 5.41 Å². The summed E-state index contributed by atoms with van der Waals surface area (Å²) in [7, 11) is 0. The molecule has 1 aromatic carbocycles. The smallest absolute Gasteiger partial charge is 0.311 e. The summed E-state index contributed by atoms with van der Waals surface area (Å²) in [6.45, 7) is 3.00. The van der Waals surface area contributed by atoms with Gasteiger partial charge in [0.15, 0.2) is 0 Å². The van der Waals surface area contributed by atoms with E-state index in [-0.39, 0.29) is 0 Å². The second-order valence-corrected chi connectivity index (χ2v) is 4.72. The minimum Gasteiger partial charge on any atom is -0.492 e. The van der Waals surface area contributed by atoms with E-state index in [1.807, 2.05) is 31.2 Å². The van der Waals surface area contributed by atoms with E-state index in [0.717, 1.165) is 30.7 Å². The van der Waals surface area contributed by atoms with Gasteiger partial charge in [-0.25, -0.2) is 0 Å². The van der Waals surface area contributed by atoms with Crippen molar-refractivity contribution in [2.75, 3.05) is 18.5 Å². The molecular formula is C14H19NO3. The van der Waals surface area contributed by atoms with Crippen LogP contribution in [0.2, 0.25) is 0 Å². The fourth-order valence-electron chi connectivity index (χ4n) is 2.23. The Hall–Kier alpha value is -1.71. The van der Waals surface area contributed by atoms with Gasteiger partial charge >= 0.3 is 5.97 Å². The summed E-state index contributed by atoms with van der Waals surface area (Å²) >= 11 is 0. The molecule has 0 unspecified atom stereocenters. The highest BCUT2D eigenvalue weighted by Gasteiger charge is 2.44. The first-order valence-electron chi connectivity index (χ1n) is 6.37. The summed E-state index contributed by atoms with van der Waals surface area (Å²) in [6, 6.07) is 7.63. The Morgan fingerprint density at radius 1 is 1.44 bits per heavy atom. The summed E-state index contributed by atoms with van der Waals surface area (Å²) in [6.07, 6.45) is 2.51. The van der Waals surface area contributed by atoms with Crippen molar-refractivity contribution < 1.29 is 14.6 Å². The summed E-state index contributed by atoms with van der Waals surface area (Å²) in [5.41, 5.74) is 0.283. The van der Waals surface area contributed by atoms with Crippen LogP contribution < -0.4 is 10.1 Å². The van der Waals surface area contributed by atoms with Crippen LogP contribution in [0.25, 0.3) is 0 Å². The molecule has 2 rings (SSSR count). The van der Waals surface area contributed by atoms with E-state index < -0.39 is 11.4 Å². The van der Waals surface area contributed by atoms with Gasteiger partial charge in [0.25, 0.3) is 0 Å². The van der Waals surface area contributed by atoms with E-state index in [4.69, 9.17) is 4.74 Å². The fraction of sp³-hybridized carbons (Fsp3) is 0.500. The van der Waals surface area contributed by atoms with Gasteiger partial charge in [-0.05, 0) is 31.9 Å². The Kier molecular flexibility index (Phi) is 3.75. The van der Waals surface area contributed by atoms with Crippen molar-refractivity contribution in [2.45, 2.75) is 26.2 Å². The third-order valence-electron chi connectivity index (χ3n) is 3.57. The summed E-state index contributed by atoms with van der Waals surface area (Å²) in [5.74, 6) is 0.0787. The zero-order valence-corrected chi connectivity index (χ0v) is 10.6. The second-order valence-electron chi connectivity index (χ2n) is 4.72. The molecule has 0 aromatic heterocycles. The molecule has 0 saturated heterocycles. The van der Waals surface area contributed by atoms with Gasteiger partial charge in [-0.15, -0.1) is 0 Å². The monoisotopic (exact) mass is 249 g/mol. The van der Waals surface area contributed by atoms with Crippen LogP contribution >= 0.6 is 0 Å². The molecule has 1 saturated carbocycles. The lowest BCUT2D eigenvalue weighted by Crippen LogP contribution is -2.43. The van der Waals surface area contributed by atoms with Crippen LogP contribution in [0.1, 0.15) is 26.2 Å². The maximum Gasteiger partial charge on any atom is 0.311 e. The SMILES string of the molecule is CCOc1ccccc1NCC1(C(=O)O)CCC1. The lowest BCUT2D eigenvalue weighted by molar-refractivity contribution is -0.153. The van der Waals surface area contributed by atoms with Crippen molar-refractivity contribution in [1.82, 2.24) is 0 Å². The largest absolute Gasteiger partial charge is 0.492 e. The van der Waals surface area contributed by atoms with Gasteiger partial charge in [-0.3, -0.25) is 4.79 Å². The quantitative estimate of drug-likeness (QED) is 0.814. The van der Waals surface area contributed by atoms with Gasteiger partial charge in [0, 0.05) is 6.54 Å². The Morgan fingerprint density at radius 2 is 2.17 bits per heavy atom. The standard InChI is InChI=1S/C14H19NO3/c1-2-18-12-7-4-3-6-11(12)15-10-14(13(16)17)8-5-9-14/h3-4,6-7,15H,2,5,8-10H2,1H3,(H,16,17). The fourth-order valence-corrected chi connectivity index (χ4v) is 2.23. The number of carboxylic acids is 1. The average molecular weight is 249 g/mol. The van der Waals surface area contributed by atoms with Crippen molar-refractivity contribution in [3.63, 3.8) is 0 Å². The molecule has 0 amide bonds. The Morgan fingerprint density at radius 3 is 2.72 bits per heavy atom. The lowest BCUT2D eigenvalue weighted by Gasteiger charge is -2.38. The first-order chi connectivity index (χ1) is 8.68. The molecular weight excluding hydrogens is 230 g/mol. The summed E-state index contributed by atoms with van der Waals surface area (Å²) < 4.78 is 5.50. The topological polar surface area (TPSA) is 58.6 Å². The van der Waals surface area contributed by atoms with E-state index in [1.54, 1.807) is 0 Å². The van der Waals surface area contributed by atoms with E-state index >= 15 is 0 Å². The van der Waals surface area contributed by atoms with Crippen LogP contribution in [0.15, 0.2) is 24.3 Å². The number of carbonyl (C=O) groups is 1. The number of nitrogens with one attached hydrogen (secondary N) is 1. The molecule has 2 N–H and O–H groups in total. The van der Waals surface area contributed by atoms with Crippen LogP contribution in [-0.4, -0.2) is 24.2 Å². The van der Waals surface area contributed by atoms with Crippen LogP contribution in [-0.2, 0) is 4.79 Å². The molecule has 1 aliphatic rings. The molecule has 0 heterocycles. The van der Waals surface area contributed by atoms with Crippen LogP contribution in [0.4, 0.5) is 5.69 Å². The van der Waals surface area contributed by atoms with Gasteiger partial charge in [0.05, 0.1) is 17.7 Å². The highest BCUT2D eigenvalue weighted by Crippen LogP contribution is 2.41. The zero-order valence-electron chi connectivity index (χ0n) is 10.6. The molecule has 0 atom stereocenters. The minimum atomic E-state index is -0.699. The van der Waals surface area contributed by atoms with E-state index in [2.05, 4.69) is 5.32 Å². The maximum absolute atomic E-state index is 11.3. The molecule has 4 heteroatoms. The number of carboxylic acid groups (broad SMARTS) is 1. The molecule has 0 bridgehead atoms. The third-order valence-corrected chi connectivity index (χ3v) is 3.57. The van der Waals surface area contributed by atoms with E-state index in [1.165, 1.54) is 0 Å². The van der Waals surface area contributed by atoms with Gasteiger partial charge < -0.3 is 15.2 Å². The predicted octanol–water partition coefficient (Wildman–Crippen LogP) is 2.75. The van der Waals surface area contributed by atoms with Crippen LogP contribution in [0, 0.1) is 5.41 Å². The number of aliphatic carboxylic acids is 1. The number of rotatable bonds is 6. The molecule has 1 aromatic rings. The van der Waals surface area contributed by atoms with E-state index in [0.29, 0.717) is 13.2 Å².